The van der Waals surface area contributed by atoms with E-state index >= 15 is 0 Å². The van der Waals surface area contributed by atoms with Crippen molar-refractivity contribution < 1.29 is 22.7 Å². The van der Waals surface area contributed by atoms with Crippen molar-refractivity contribution >= 4 is 44.3 Å². The molecule has 2 saturated carbocycles. The third-order valence-corrected chi connectivity index (χ3v) is 14.7. The van der Waals surface area contributed by atoms with Crippen LogP contribution in [0.1, 0.15) is 116 Å². The number of nitrogens with zero attached hydrogens (tertiary/aromatic N) is 4. The SMILES string of the molecule is CCC(C)S(=O)(=O)NC(=O)c1ccc2c(C3CCCCC3)c3n(c2c1)CC(c1c(C(=O)C2C[C@@H]4C[C@H]2CN4CC)cnn1C)=Cc1cc(OC)ccc1-3. The van der Waals surface area contributed by atoms with Crippen LogP contribution < -0.4 is 9.46 Å². The van der Waals surface area contributed by atoms with Crippen LogP contribution in [0.25, 0.3) is 33.8 Å². The van der Waals surface area contributed by atoms with Crippen molar-refractivity contribution in [2.45, 2.75) is 95.9 Å². The van der Waals surface area contributed by atoms with E-state index in [-0.39, 0.29) is 11.7 Å². The number of ketones is 1. The van der Waals surface area contributed by atoms with Gasteiger partial charge < -0.3 is 14.2 Å². The first-order valence-electron chi connectivity index (χ1n) is 19.4. The standard InChI is InChI=1S/C42H51N5O5S/c1-6-25(3)53(50,51)44-42(49)27-13-15-34-37(20-27)47-24-30(39-36(22-43-45(39)4)41(48)35-21-31-18-29(35)23-46(31)7-2)17-28-19-32(52-5)14-16-33(28)40(47)38(34)26-11-9-8-10-12-26/h13-17,19-20,22,25-26,29,31,35H,6-12,18,21,23-24H2,1-5H3,(H,44,49)/t25?,29-,31-,35?/m0/s1. The van der Waals surface area contributed by atoms with Gasteiger partial charge in [-0.3, -0.25) is 14.3 Å². The number of fused-ring (bicyclic) bond motifs is 7. The molecule has 1 N–H and O–H groups in total. The third-order valence-electron chi connectivity index (χ3n) is 12.8. The summed E-state index contributed by atoms with van der Waals surface area (Å²) in [7, 11) is -0.252. The number of nitrogens with one attached hydrogen (secondary N) is 1. The first-order chi connectivity index (χ1) is 25.5. The average molecular weight is 738 g/mol. The maximum atomic E-state index is 14.5. The molecule has 2 aliphatic heterocycles. The summed E-state index contributed by atoms with van der Waals surface area (Å²) in [6.07, 6.45) is 12.0. The van der Waals surface area contributed by atoms with E-state index in [0.717, 1.165) is 96.4 Å². The van der Waals surface area contributed by atoms with Gasteiger partial charge in [0.25, 0.3) is 5.91 Å². The van der Waals surface area contributed by atoms with Crippen molar-refractivity contribution in [3.8, 4) is 17.0 Å². The molecule has 2 unspecified atom stereocenters. The zero-order chi connectivity index (χ0) is 37.2. The number of sulfonamides is 1. The molecule has 53 heavy (non-hydrogen) atoms. The first kappa shape index (κ1) is 35.8. The van der Waals surface area contributed by atoms with Crippen LogP contribution in [0.15, 0.2) is 42.6 Å². The van der Waals surface area contributed by atoms with Crippen molar-refractivity contribution in [1.82, 2.24) is 24.0 Å². The van der Waals surface area contributed by atoms with Gasteiger partial charge in [-0.2, -0.15) is 5.10 Å². The maximum absolute atomic E-state index is 14.5. The molecular formula is C42H51N5O5S. The molecule has 280 valence electrons. The minimum Gasteiger partial charge on any atom is -0.497 e. The maximum Gasteiger partial charge on any atom is 0.264 e. The van der Waals surface area contributed by atoms with Crippen LogP contribution in [-0.2, 0) is 23.6 Å². The molecule has 0 radical (unpaired) electrons. The van der Waals surface area contributed by atoms with Crippen molar-refractivity contribution in [1.29, 1.82) is 0 Å². The molecule has 2 aliphatic carbocycles. The minimum atomic E-state index is -3.84. The van der Waals surface area contributed by atoms with Gasteiger partial charge >= 0.3 is 0 Å². The smallest absolute Gasteiger partial charge is 0.264 e. The van der Waals surface area contributed by atoms with Crippen molar-refractivity contribution in [3.63, 3.8) is 0 Å². The summed E-state index contributed by atoms with van der Waals surface area (Å²) in [5.74, 6) is 0.962. The number of aromatic nitrogens is 3. The number of hydrogen-bond donors (Lipinski definition) is 1. The topological polar surface area (TPSA) is 116 Å². The molecule has 3 fully saturated rings. The molecule has 10 nitrogen and oxygen atoms in total. The van der Waals surface area contributed by atoms with E-state index in [2.05, 4.69) is 44.4 Å². The Labute approximate surface area is 312 Å². The third kappa shape index (κ3) is 6.13. The Hall–Kier alpha value is -4.22. The quantitative estimate of drug-likeness (QED) is 0.169. The number of benzene rings is 2. The predicted molar refractivity (Wildman–Crippen MR) is 209 cm³/mol. The highest BCUT2D eigenvalue weighted by molar-refractivity contribution is 7.90. The largest absolute Gasteiger partial charge is 0.497 e. The molecule has 2 aromatic heterocycles. The minimum absolute atomic E-state index is 0.0156. The van der Waals surface area contributed by atoms with Crippen LogP contribution in [-0.4, -0.2) is 70.8 Å². The number of hydrogen-bond acceptors (Lipinski definition) is 7. The van der Waals surface area contributed by atoms with Crippen LogP contribution in [0.3, 0.4) is 0 Å². The number of likely N-dealkylation sites (tertiary alicyclic amines) is 1. The van der Waals surface area contributed by atoms with E-state index in [0.29, 0.717) is 42.0 Å². The van der Waals surface area contributed by atoms with E-state index in [4.69, 9.17) is 4.74 Å². The number of aryl methyl sites for hydroxylation is 1. The second kappa shape index (κ2) is 13.9. The molecular weight excluding hydrogens is 687 g/mol. The Balaban J connectivity index is 1.29. The molecule has 1 saturated heterocycles. The van der Waals surface area contributed by atoms with Gasteiger partial charge in [0.15, 0.2) is 5.78 Å². The summed E-state index contributed by atoms with van der Waals surface area (Å²) in [5, 5.41) is 5.06. The number of rotatable bonds is 10. The Morgan fingerprint density at radius 2 is 1.83 bits per heavy atom. The lowest BCUT2D eigenvalue weighted by Crippen LogP contribution is -2.37. The molecule has 2 aromatic carbocycles. The summed E-state index contributed by atoms with van der Waals surface area (Å²) in [6.45, 7) is 8.03. The van der Waals surface area contributed by atoms with E-state index in [1.54, 1.807) is 33.2 Å². The lowest BCUT2D eigenvalue weighted by Gasteiger charge is -2.29. The van der Waals surface area contributed by atoms with E-state index in [1.165, 1.54) is 12.0 Å². The monoisotopic (exact) mass is 737 g/mol. The van der Waals surface area contributed by atoms with Gasteiger partial charge in [0.1, 0.15) is 5.75 Å². The lowest BCUT2D eigenvalue weighted by atomic mass is 9.81. The highest BCUT2D eigenvalue weighted by atomic mass is 32.2. The van der Waals surface area contributed by atoms with Gasteiger partial charge in [0.05, 0.1) is 42.1 Å². The van der Waals surface area contributed by atoms with E-state index < -0.39 is 21.2 Å². The van der Waals surface area contributed by atoms with Crippen LogP contribution in [0, 0.1) is 11.8 Å². The Bertz CT molecular complexity index is 2240. The Kier molecular flexibility index (Phi) is 9.38. The van der Waals surface area contributed by atoms with Crippen LogP contribution in [0.5, 0.6) is 5.75 Å². The number of Topliss-reactive ketones (excluding diaryl/α,β-unsaturated/α-hetero) is 1. The molecule has 8 rings (SSSR count). The zero-order valence-electron chi connectivity index (χ0n) is 31.5. The summed E-state index contributed by atoms with van der Waals surface area (Å²) < 4.78 is 38.1. The van der Waals surface area contributed by atoms with Gasteiger partial charge in [0, 0.05) is 47.6 Å². The molecule has 2 bridgehead atoms. The molecule has 0 spiro atoms. The number of carbonyl (C=O) groups is 2. The lowest BCUT2D eigenvalue weighted by molar-refractivity contribution is 0.0830. The van der Waals surface area contributed by atoms with Crippen molar-refractivity contribution in [3.05, 3.63) is 70.5 Å². The Morgan fingerprint density at radius 3 is 2.53 bits per heavy atom. The fraction of sp³-hybridized carbons (Fsp3) is 0.500. The molecule has 4 aromatic rings. The van der Waals surface area contributed by atoms with Crippen LogP contribution in [0.2, 0.25) is 0 Å². The summed E-state index contributed by atoms with van der Waals surface area (Å²) in [4.78, 5) is 30.6. The number of methoxy groups -OCH3 is 1. The predicted octanol–water partition coefficient (Wildman–Crippen LogP) is 7.42. The molecule has 11 heteroatoms. The molecule has 4 aliphatic rings. The average Bonchev–Trinajstić information content (AvgIpc) is 3.93. The second-order valence-corrected chi connectivity index (χ2v) is 17.8. The fourth-order valence-corrected chi connectivity index (χ4v) is 10.8. The Morgan fingerprint density at radius 1 is 1.04 bits per heavy atom. The van der Waals surface area contributed by atoms with Gasteiger partial charge in [-0.25, -0.2) is 13.1 Å². The second-order valence-electron chi connectivity index (χ2n) is 15.7. The fourth-order valence-electron chi connectivity index (χ4n) is 9.79. The molecule has 1 amide bonds. The first-order valence-corrected chi connectivity index (χ1v) is 21.0. The van der Waals surface area contributed by atoms with Crippen molar-refractivity contribution in [2.75, 3.05) is 20.2 Å². The summed E-state index contributed by atoms with van der Waals surface area (Å²) in [5.41, 5.74) is 7.99. The van der Waals surface area contributed by atoms with Crippen LogP contribution in [0.4, 0.5) is 0 Å². The summed E-state index contributed by atoms with van der Waals surface area (Å²) >= 11 is 0. The molecule has 4 atom stereocenters. The number of carbonyl (C=O) groups excluding carboxylic acids is 2. The van der Waals surface area contributed by atoms with Gasteiger partial charge in [-0.05, 0) is 111 Å². The number of piperidine rings is 1. The van der Waals surface area contributed by atoms with Gasteiger partial charge in [-0.15, -0.1) is 0 Å². The highest BCUT2D eigenvalue weighted by Gasteiger charge is 2.47. The van der Waals surface area contributed by atoms with Gasteiger partial charge in [-0.1, -0.05) is 39.2 Å². The normalized spacial score (nSPS) is 22.3. The van der Waals surface area contributed by atoms with E-state index in [9.17, 15) is 18.0 Å². The van der Waals surface area contributed by atoms with Gasteiger partial charge in [0.2, 0.25) is 10.0 Å². The van der Waals surface area contributed by atoms with Crippen molar-refractivity contribution in [2.24, 2.45) is 18.9 Å². The van der Waals surface area contributed by atoms with Crippen LogP contribution >= 0.6 is 0 Å². The highest BCUT2D eigenvalue weighted by Crippen LogP contribution is 2.49. The number of allylic oxidation sites excluding steroid dienone is 1. The summed E-state index contributed by atoms with van der Waals surface area (Å²) in [6, 6.07) is 12.3. The van der Waals surface area contributed by atoms with E-state index in [1.807, 2.05) is 29.9 Å². The number of amides is 1. The number of ether oxygens (including phenoxy) is 1. The molecule has 4 heterocycles. The zero-order valence-corrected chi connectivity index (χ0v) is 32.3.